The zero-order chi connectivity index (χ0) is 23.3. The van der Waals surface area contributed by atoms with Crippen LogP contribution in [-0.2, 0) is 13.0 Å². The topological polar surface area (TPSA) is 80.5 Å². The lowest BCUT2D eigenvalue weighted by Crippen LogP contribution is -2.27. The number of alkyl halides is 2. The van der Waals surface area contributed by atoms with Gasteiger partial charge in [0.05, 0.1) is 11.7 Å². The van der Waals surface area contributed by atoms with Crippen LogP contribution in [0.5, 0.6) is 5.75 Å². The summed E-state index contributed by atoms with van der Waals surface area (Å²) in [7, 11) is 1.82. The Bertz CT molecular complexity index is 1070. The molecular formula is C22H23F3N4O3. The predicted octanol–water partition coefficient (Wildman–Crippen LogP) is 4.50. The summed E-state index contributed by atoms with van der Waals surface area (Å²) in [5.74, 6) is -0.939. The number of anilines is 1. The van der Waals surface area contributed by atoms with Gasteiger partial charge in [-0.1, -0.05) is 18.1 Å². The fraction of sp³-hybridized carbons (Fsp3) is 0.318. The van der Waals surface area contributed by atoms with E-state index in [0.29, 0.717) is 17.9 Å². The van der Waals surface area contributed by atoms with Crippen molar-refractivity contribution in [1.29, 1.82) is 0 Å². The van der Waals surface area contributed by atoms with Crippen LogP contribution in [0.3, 0.4) is 0 Å². The Labute approximate surface area is 183 Å². The van der Waals surface area contributed by atoms with Gasteiger partial charge in [-0.3, -0.25) is 4.79 Å². The lowest BCUT2D eigenvalue weighted by Gasteiger charge is -2.20. The van der Waals surface area contributed by atoms with Crippen molar-refractivity contribution in [3.05, 3.63) is 71.0 Å². The van der Waals surface area contributed by atoms with Gasteiger partial charge in [-0.25, -0.2) is 9.37 Å². The maximum atomic E-state index is 13.5. The number of rotatable bonds is 9. The molecule has 32 heavy (non-hydrogen) atoms. The number of aromatic nitrogens is 2. The van der Waals surface area contributed by atoms with Gasteiger partial charge in [-0.2, -0.15) is 8.78 Å². The summed E-state index contributed by atoms with van der Waals surface area (Å²) in [6.07, 6.45) is 3.81. The minimum absolute atomic E-state index is 0.228. The molecule has 0 radical (unpaired) electrons. The van der Waals surface area contributed by atoms with E-state index in [-0.39, 0.29) is 11.3 Å². The summed E-state index contributed by atoms with van der Waals surface area (Å²) in [4.78, 5) is 18.9. The largest absolute Gasteiger partial charge is 0.434 e. The molecule has 0 aliphatic rings. The standard InChI is InChI=1S/C22H23F3N4O3/c1-4-18-15(12-31-28-18)11-29(3)20-9-14(7-8-26-20)21(30)27-13(2)17-6-5-16(23)10-19(17)32-22(24)25/h5-10,12-13,22H,4,11H2,1-3H3,(H,27,30)/t13-/m1/s1. The fourth-order valence-electron chi connectivity index (χ4n) is 3.23. The number of hydrogen-bond donors (Lipinski definition) is 1. The molecule has 170 valence electrons. The molecule has 3 rings (SSSR count). The van der Waals surface area contributed by atoms with E-state index in [2.05, 4.69) is 20.2 Å². The third kappa shape index (κ3) is 5.57. The lowest BCUT2D eigenvalue weighted by atomic mass is 10.1. The van der Waals surface area contributed by atoms with Crippen molar-refractivity contribution in [2.45, 2.75) is 39.5 Å². The summed E-state index contributed by atoms with van der Waals surface area (Å²) in [5.41, 5.74) is 2.32. The highest BCUT2D eigenvalue weighted by molar-refractivity contribution is 5.95. The van der Waals surface area contributed by atoms with Gasteiger partial charge in [0, 0.05) is 42.5 Å². The number of nitrogens with zero attached hydrogens (tertiary/aromatic N) is 3. The van der Waals surface area contributed by atoms with Crippen LogP contribution in [0.25, 0.3) is 0 Å². The highest BCUT2D eigenvalue weighted by atomic mass is 19.3. The van der Waals surface area contributed by atoms with Gasteiger partial charge in [0.1, 0.15) is 23.6 Å². The first-order chi connectivity index (χ1) is 15.3. The molecule has 0 saturated carbocycles. The average Bonchev–Trinajstić information content (AvgIpc) is 3.20. The second kappa shape index (κ2) is 10.2. The summed E-state index contributed by atoms with van der Waals surface area (Å²) in [5, 5.41) is 6.67. The van der Waals surface area contributed by atoms with Crippen molar-refractivity contribution in [2.75, 3.05) is 11.9 Å². The van der Waals surface area contributed by atoms with Gasteiger partial charge in [0.2, 0.25) is 0 Å². The first kappa shape index (κ1) is 23.1. The molecular weight excluding hydrogens is 425 g/mol. The monoisotopic (exact) mass is 448 g/mol. The maximum absolute atomic E-state index is 13.5. The van der Waals surface area contributed by atoms with Crippen LogP contribution in [-0.4, -0.2) is 29.7 Å². The molecule has 1 atom stereocenters. The van der Waals surface area contributed by atoms with Crippen LogP contribution < -0.4 is 15.0 Å². The lowest BCUT2D eigenvalue weighted by molar-refractivity contribution is -0.0507. The zero-order valence-corrected chi connectivity index (χ0v) is 17.8. The molecule has 1 aromatic carbocycles. The molecule has 0 unspecified atom stereocenters. The Morgan fingerprint density at radius 3 is 2.78 bits per heavy atom. The molecule has 7 nitrogen and oxygen atoms in total. The van der Waals surface area contributed by atoms with Gasteiger partial charge >= 0.3 is 6.61 Å². The SMILES string of the molecule is CCc1nocc1CN(C)c1cc(C(=O)N[C@H](C)c2ccc(F)cc2OC(F)F)ccn1. The van der Waals surface area contributed by atoms with E-state index in [4.69, 9.17) is 4.52 Å². The number of benzene rings is 1. The number of nitrogens with one attached hydrogen (secondary N) is 1. The van der Waals surface area contributed by atoms with Crippen LogP contribution in [0.1, 0.15) is 47.1 Å². The molecule has 3 aromatic rings. The van der Waals surface area contributed by atoms with Gasteiger partial charge < -0.3 is 19.5 Å². The minimum Gasteiger partial charge on any atom is -0.434 e. The molecule has 0 spiro atoms. The number of hydrogen-bond acceptors (Lipinski definition) is 6. The number of carbonyl (C=O) groups excluding carboxylic acids is 1. The van der Waals surface area contributed by atoms with Gasteiger partial charge in [-0.15, -0.1) is 0 Å². The van der Waals surface area contributed by atoms with Crippen molar-refractivity contribution in [3.8, 4) is 5.75 Å². The number of pyridine rings is 1. The van der Waals surface area contributed by atoms with Gasteiger partial charge in [0.15, 0.2) is 0 Å². The molecule has 1 amide bonds. The van der Waals surface area contributed by atoms with Crippen molar-refractivity contribution in [2.24, 2.45) is 0 Å². The third-order valence-corrected chi connectivity index (χ3v) is 4.88. The third-order valence-electron chi connectivity index (χ3n) is 4.88. The van der Waals surface area contributed by atoms with Crippen molar-refractivity contribution in [3.63, 3.8) is 0 Å². The number of halogens is 3. The van der Waals surface area contributed by atoms with E-state index in [0.717, 1.165) is 29.8 Å². The predicted molar refractivity (Wildman–Crippen MR) is 111 cm³/mol. The molecule has 10 heteroatoms. The summed E-state index contributed by atoms with van der Waals surface area (Å²) < 4.78 is 48.2. The number of amides is 1. The molecule has 2 heterocycles. The van der Waals surface area contributed by atoms with Crippen LogP contribution in [0.15, 0.2) is 47.3 Å². The molecule has 0 aliphatic carbocycles. The Hall–Kier alpha value is -3.56. The molecule has 1 N–H and O–H groups in total. The maximum Gasteiger partial charge on any atom is 0.387 e. The molecule has 0 bridgehead atoms. The molecule has 0 fully saturated rings. The minimum atomic E-state index is -3.12. The normalized spacial score (nSPS) is 12.0. The van der Waals surface area contributed by atoms with Crippen LogP contribution in [0.4, 0.5) is 19.0 Å². The summed E-state index contributed by atoms with van der Waals surface area (Å²) in [6.45, 7) is 0.946. The summed E-state index contributed by atoms with van der Waals surface area (Å²) >= 11 is 0. The Balaban J connectivity index is 1.73. The first-order valence-corrected chi connectivity index (χ1v) is 9.93. The fourth-order valence-corrected chi connectivity index (χ4v) is 3.23. The van der Waals surface area contributed by atoms with E-state index in [1.165, 1.54) is 18.3 Å². The van der Waals surface area contributed by atoms with Gasteiger partial charge in [-0.05, 0) is 31.5 Å². The highest BCUT2D eigenvalue weighted by Gasteiger charge is 2.19. The number of aryl methyl sites for hydroxylation is 1. The zero-order valence-electron chi connectivity index (χ0n) is 17.8. The highest BCUT2D eigenvalue weighted by Crippen LogP contribution is 2.28. The van der Waals surface area contributed by atoms with E-state index in [1.807, 2.05) is 18.9 Å². The van der Waals surface area contributed by atoms with E-state index < -0.39 is 24.4 Å². The van der Waals surface area contributed by atoms with Gasteiger partial charge in [0.25, 0.3) is 5.91 Å². The van der Waals surface area contributed by atoms with Crippen molar-refractivity contribution >= 4 is 11.7 Å². The van der Waals surface area contributed by atoms with Crippen LogP contribution >= 0.6 is 0 Å². The van der Waals surface area contributed by atoms with Crippen molar-refractivity contribution < 1.29 is 27.2 Å². The summed E-state index contributed by atoms with van der Waals surface area (Å²) in [6, 6.07) is 5.72. The molecule has 2 aromatic heterocycles. The average molecular weight is 448 g/mol. The molecule has 0 aliphatic heterocycles. The Morgan fingerprint density at radius 1 is 1.28 bits per heavy atom. The van der Waals surface area contributed by atoms with Crippen molar-refractivity contribution in [1.82, 2.24) is 15.5 Å². The van der Waals surface area contributed by atoms with Crippen LogP contribution in [0.2, 0.25) is 0 Å². The Kier molecular flexibility index (Phi) is 7.34. The van der Waals surface area contributed by atoms with E-state index in [1.54, 1.807) is 19.3 Å². The molecule has 0 saturated heterocycles. The second-order valence-electron chi connectivity index (χ2n) is 7.15. The number of ether oxygens (including phenoxy) is 1. The quantitative estimate of drug-likeness (QED) is 0.519. The van der Waals surface area contributed by atoms with Crippen LogP contribution in [0, 0.1) is 5.82 Å². The second-order valence-corrected chi connectivity index (χ2v) is 7.15. The Morgan fingerprint density at radius 2 is 2.06 bits per heavy atom. The smallest absolute Gasteiger partial charge is 0.387 e. The van der Waals surface area contributed by atoms with E-state index in [9.17, 15) is 18.0 Å². The first-order valence-electron chi connectivity index (χ1n) is 9.93. The van der Waals surface area contributed by atoms with E-state index >= 15 is 0 Å². The number of carbonyl (C=O) groups is 1.